The number of amides is 2. The van der Waals surface area contributed by atoms with Crippen molar-refractivity contribution in [3.8, 4) is 0 Å². The molecular weight excluding hydrogens is 673 g/mol. The molecule has 4 heterocycles. The second-order valence-corrected chi connectivity index (χ2v) is 14.4. The van der Waals surface area contributed by atoms with Crippen molar-refractivity contribution in [2.24, 2.45) is 0 Å². The van der Waals surface area contributed by atoms with E-state index >= 15 is 0 Å². The second kappa shape index (κ2) is 14.5. The van der Waals surface area contributed by atoms with Crippen molar-refractivity contribution in [3.63, 3.8) is 0 Å². The highest BCUT2D eigenvalue weighted by molar-refractivity contribution is 7.53. The molecule has 6 rings (SSSR count). The molecule has 19 heteroatoms. The van der Waals surface area contributed by atoms with Crippen molar-refractivity contribution in [1.29, 1.82) is 0 Å². The molecule has 1 aromatic carbocycles. The van der Waals surface area contributed by atoms with Crippen LogP contribution < -0.4 is 15.5 Å². The number of aliphatic hydroxyl groups is 3. The van der Waals surface area contributed by atoms with E-state index in [1.807, 2.05) is 0 Å². The van der Waals surface area contributed by atoms with E-state index in [9.17, 15) is 34.5 Å². The number of nitrogens with one attached hydrogen (secondary N) is 2. The number of urea groups is 1. The normalized spacial score (nSPS) is 25.0. The summed E-state index contributed by atoms with van der Waals surface area (Å²) < 4.78 is 30.9. The Bertz CT molecular complexity index is 1640. The standard InChI is InChI=1S/C29H39ClN7O10P/c30-27-34-24(33-18-4-1-2-5-18)20-12-32-37(25(20)35-27)26-23(40)22(39)21(47-26)14-46-29(15-38,48(42,43)44)16-45-13-17-6-8-19(9-7-17)36-11-3-10-31-28(36)41/h6-9,12,18,21-23,26,38-40H,1-5,10-11,13-16H2,(H,31,41)(H,33,34,35)(H2,42,43,44)/t21-,22-,23-,26-,29?/m1/s1. The van der Waals surface area contributed by atoms with Gasteiger partial charge in [-0.25, -0.2) is 9.48 Å². The van der Waals surface area contributed by atoms with Crippen molar-refractivity contribution >= 4 is 47.8 Å². The fourth-order valence-electron chi connectivity index (χ4n) is 6.13. The van der Waals surface area contributed by atoms with Gasteiger partial charge < -0.3 is 50.0 Å². The molecule has 1 aliphatic carbocycles. The molecule has 0 spiro atoms. The first kappa shape index (κ1) is 34.9. The van der Waals surface area contributed by atoms with Gasteiger partial charge in [-0.3, -0.25) is 9.46 Å². The van der Waals surface area contributed by atoms with Crippen molar-refractivity contribution in [3.05, 3.63) is 41.3 Å². The number of rotatable bonds is 13. The average molecular weight is 712 g/mol. The second-order valence-electron chi connectivity index (χ2n) is 12.2. The zero-order chi connectivity index (χ0) is 34.1. The van der Waals surface area contributed by atoms with Gasteiger partial charge in [0.05, 0.1) is 38.0 Å². The molecule has 48 heavy (non-hydrogen) atoms. The third-order valence-corrected chi connectivity index (χ3v) is 10.5. The van der Waals surface area contributed by atoms with Crippen LogP contribution >= 0.6 is 19.2 Å². The van der Waals surface area contributed by atoms with Gasteiger partial charge in [-0.05, 0) is 48.6 Å². The molecule has 0 bridgehead atoms. The molecule has 0 radical (unpaired) electrons. The Balaban J connectivity index is 1.11. The van der Waals surface area contributed by atoms with Crippen LogP contribution in [0.2, 0.25) is 5.28 Å². The first-order valence-corrected chi connectivity index (χ1v) is 17.7. The van der Waals surface area contributed by atoms with Crippen LogP contribution in [0.15, 0.2) is 30.5 Å². The van der Waals surface area contributed by atoms with E-state index in [-0.39, 0.29) is 29.6 Å². The van der Waals surface area contributed by atoms with Crippen molar-refractivity contribution in [2.45, 2.75) is 74.6 Å². The zero-order valence-corrected chi connectivity index (χ0v) is 27.5. The maximum Gasteiger partial charge on any atom is 0.361 e. The zero-order valence-electron chi connectivity index (χ0n) is 25.9. The summed E-state index contributed by atoms with van der Waals surface area (Å²) in [6.45, 7) is -1.35. The van der Waals surface area contributed by atoms with Crippen LogP contribution in [0.25, 0.3) is 11.0 Å². The number of carbonyl (C=O) groups excluding carboxylic acids is 1. The molecule has 262 valence electrons. The highest BCUT2D eigenvalue weighted by atomic mass is 35.5. The minimum atomic E-state index is -5.18. The summed E-state index contributed by atoms with van der Waals surface area (Å²) in [4.78, 5) is 42.7. The highest BCUT2D eigenvalue weighted by Gasteiger charge is 2.51. The maximum absolute atomic E-state index is 12.6. The predicted octanol–water partition coefficient (Wildman–Crippen LogP) is 1.47. The fraction of sp³-hybridized carbons (Fsp3) is 0.586. The fourth-order valence-corrected chi connectivity index (χ4v) is 6.99. The SMILES string of the molecule is O=C1NCCCN1c1ccc(COCC(CO)(OC[C@H]2O[C@@H](n3ncc4c(NC5CCCC5)nc(Cl)nc43)[C@H](O)[C@@H]2O)P(=O)(O)O)cc1. The molecule has 7 N–H and O–H groups in total. The number of ether oxygens (including phenoxy) is 3. The van der Waals surface area contributed by atoms with Crippen LogP contribution in [0.3, 0.4) is 0 Å². The lowest BCUT2D eigenvalue weighted by Gasteiger charge is -2.33. The Hall–Kier alpha value is -2.96. The van der Waals surface area contributed by atoms with E-state index in [2.05, 4.69) is 25.7 Å². The van der Waals surface area contributed by atoms with Crippen molar-refractivity contribution in [1.82, 2.24) is 25.1 Å². The van der Waals surface area contributed by atoms with Gasteiger partial charge in [-0.1, -0.05) is 25.0 Å². The molecule has 5 atom stereocenters. The largest absolute Gasteiger partial charge is 0.393 e. The first-order chi connectivity index (χ1) is 23.0. The van der Waals surface area contributed by atoms with Crippen LogP contribution in [0.5, 0.6) is 0 Å². The number of anilines is 2. The third kappa shape index (κ3) is 7.16. The molecule has 17 nitrogen and oxygen atoms in total. The number of aliphatic hydroxyl groups excluding tert-OH is 3. The summed E-state index contributed by atoms with van der Waals surface area (Å²) in [5.74, 6) is 0.482. The molecule has 1 unspecified atom stereocenters. The molecule has 3 fully saturated rings. The smallest absolute Gasteiger partial charge is 0.361 e. The van der Waals surface area contributed by atoms with Crippen molar-refractivity contribution in [2.75, 3.05) is 43.1 Å². The van der Waals surface area contributed by atoms with Gasteiger partial charge in [-0.2, -0.15) is 15.1 Å². The number of nitrogens with zero attached hydrogens (tertiary/aromatic N) is 5. The van der Waals surface area contributed by atoms with E-state index in [1.165, 1.54) is 10.9 Å². The summed E-state index contributed by atoms with van der Waals surface area (Å²) in [5.41, 5.74) is 1.58. The molecule has 2 saturated heterocycles. The summed E-state index contributed by atoms with van der Waals surface area (Å²) in [7, 11) is -5.18. The van der Waals surface area contributed by atoms with Crippen molar-refractivity contribution < 1.29 is 48.7 Å². The number of aromatic nitrogens is 4. The molecular formula is C29H39ClN7O10P. The van der Waals surface area contributed by atoms with Gasteiger partial charge in [0.2, 0.25) is 10.6 Å². The van der Waals surface area contributed by atoms with Crippen LogP contribution in [0.4, 0.5) is 16.3 Å². The number of carbonyl (C=O) groups is 1. The summed E-state index contributed by atoms with van der Waals surface area (Å²) in [6.07, 6.45) is 0.845. The quantitative estimate of drug-likeness (QED) is 0.0983. The minimum absolute atomic E-state index is 0.0580. The van der Waals surface area contributed by atoms with Gasteiger partial charge in [0, 0.05) is 24.8 Å². The van der Waals surface area contributed by atoms with Gasteiger partial charge in [-0.15, -0.1) is 0 Å². The lowest BCUT2D eigenvalue weighted by Crippen LogP contribution is -2.46. The lowest BCUT2D eigenvalue weighted by molar-refractivity contribution is -0.131. The van der Waals surface area contributed by atoms with Gasteiger partial charge in [0.15, 0.2) is 11.9 Å². The van der Waals surface area contributed by atoms with Crippen LogP contribution in [-0.4, -0.2) is 113 Å². The number of hydrogen-bond donors (Lipinski definition) is 7. The van der Waals surface area contributed by atoms with E-state index in [0.717, 1.165) is 32.1 Å². The van der Waals surface area contributed by atoms with Gasteiger partial charge >= 0.3 is 13.6 Å². The molecule has 3 aliphatic rings. The Morgan fingerprint density at radius 3 is 2.56 bits per heavy atom. The topological polar surface area (TPSA) is 234 Å². The monoisotopic (exact) mass is 711 g/mol. The molecule has 2 aliphatic heterocycles. The lowest BCUT2D eigenvalue weighted by atomic mass is 10.1. The maximum atomic E-state index is 12.6. The molecule has 3 aromatic rings. The third-order valence-electron chi connectivity index (χ3n) is 8.92. The van der Waals surface area contributed by atoms with Crippen LogP contribution in [0.1, 0.15) is 43.9 Å². The highest BCUT2D eigenvalue weighted by Crippen LogP contribution is 2.51. The van der Waals surface area contributed by atoms with Gasteiger partial charge in [0.25, 0.3) is 0 Å². The average Bonchev–Trinajstić information content (AvgIpc) is 3.79. The van der Waals surface area contributed by atoms with E-state index in [1.54, 1.807) is 29.2 Å². The Morgan fingerprint density at radius 2 is 1.88 bits per heavy atom. The Labute approximate surface area is 280 Å². The summed E-state index contributed by atoms with van der Waals surface area (Å²) in [5, 5.41) is 40.4. The van der Waals surface area contributed by atoms with Crippen LogP contribution in [0, 0.1) is 0 Å². The van der Waals surface area contributed by atoms with Gasteiger partial charge in [0.1, 0.15) is 24.1 Å². The van der Waals surface area contributed by atoms with E-state index < -0.39 is 57.3 Å². The predicted molar refractivity (Wildman–Crippen MR) is 171 cm³/mol. The molecule has 1 saturated carbocycles. The number of fused-ring (bicyclic) bond motifs is 1. The number of hydrogen-bond acceptors (Lipinski definition) is 12. The van der Waals surface area contributed by atoms with Crippen LogP contribution in [-0.2, 0) is 25.4 Å². The first-order valence-electron chi connectivity index (χ1n) is 15.7. The summed E-state index contributed by atoms with van der Waals surface area (Å²) >= 11 is 6.22. The Kier molecular flexibility index (Phi) is 10.5. The minimum Gasteiger partial charge on any atom is -0.393 e. The summed E-state index contributed by atoms with van der Waals surface area (Å²) in [6, 6.07) is 6.93. The van der Waals surface area contributed by atoms with E-state index in [0.29, 0.717) is 35.5 Å². The number of benzene rings is 1. The molecule has 2 aromatic heterocycles. The Morgan fingerprint density at radius 1 is 1.12 bits per heavy atom. The molecule has 2 amide bonds. The number of halogens is 1. The van der Waals surface area contributed by atoms with E-state index in [4.69, 9.17) is 25.8 Å².